The Hall–Kier alpha value is -2.40. The van der Waals surface area contributed by atoms with E-state index >= 15 is 0 Å². The number of ether oxygens (including phenoxy) is 2. The van der Waals surface area contributed by atoms with Gasteiger partial charge in [0.15, 0.2) is 11.9 Å². The third kappa shape index (κ3) is 11.2. The molecule has 2 rings (SSSR count). The second kappa shape index (κ2) is 15.6. The number of nitrogens with one attached hydrogen (secondary N) is 1. The lowest BCUT2D eigenvalue weighted by Gasteiger charge is -2.25. The normalized spacial score (nSPS) is 22.3. The van der Waals surface area contributed by atoms with E-state index in [1.807, 2.05) is 20.8 Å². The van der Waals surface area contributed by atoms with Gasteiger partial charge in [0.1, 0.15) is 16.5 Å². The summed E-state index contributed by atoms with van der Waals surface area (Å²) in [6, 6.07) is 2.26. The molecule has 0 saturated carbocycles. The Morgan fingerprint density at radius 1 is 1.05 bits per heavy atom. The van der Waals surface area contributed by atoms with Gasteiger partial charge < -0.3 is 9.47 Å². The van der Waals surface area contributed by atoms with Crippen LogP contribution in [0.2, 0.25) is 0 Å². The molecule has 8 nitrogen and oxygen atoms in total. The standard InChI is InChI=1S/C29H43F2NO7S/c1-20-11-9-17-38-28(35)21(2)10-6-5-7-12-24(27(20)34)39-26(33)13-8-16-29(3,4)19-32-40(36,37)25-15-14-22(30)18-23(25)31/h14-15,18,20-21,24,32H,5-13,16-17,19H2,1-4H3. The molecule has 1 fully saturated rings. The van der Waals surface area contributed by atoms with E-state index in [1.54, 1.807) is 6.92 Å². The maximum absolute atomic E-state index is 13.9. The first-order valence-corrected chi connectivity index (χ1v) is 15.5. The van der Waals surface area contributed by atoms with Crippen molar-refractivity contribution in [2.75, 3.05) is 13.2 Å². The number of hydrogen-bond acceptors (Lipinski definition) is 7. The van der Waals surface area contributed by atoms with Crippen LogP contribution in [-0.4, -0.2) is 45.4 Å². The smallest absolute Gasteiger partial charge is 0.308 e. The van der Waals surface area contributed by atoms with Gasteiger partial charge in [0.25, 0.3) is 0 Å². The maximum Gasteiger partial charge on any atom is 0.308 e. The molecule has 1 heterocycles. The number of benzene rings is 1. The summed E-state index contributed by atoms with van der Waals surface area (Å²) >= 11 is 0. The minimum absolute atomic E-state index is 0.0201. The number of carbonyl (C=O) groups excluding carboxylic acids is 3. The minimum Gasteiger partial charge on any atom is -0.465 e. The maximum atomic E-state index is 13.9. The Balaban J connectivity index is 1.87. The lowest BCUT2D eigenvalue weighted by atomic mass is 9.87. The molecule has 1 N–H and O–H groups in total. The number of cyclic esters (lactones) is 1. The zero-order valence-corrected chi connectivity index (χ0v) is 24.8. The van der Waals surface area contributed by atoms with Crippen LogP contribution < -0.4 is 4.72 Å². The molecule has 11 heteroatoms. The number of ketones is 1. The van der Waals surface area contributed by atoms with Crippen molar-refractivity contribution in [1.29, 1.82) is 0 Å². The first kappa shape index (κ1) is 33.8. The molecule has 0 aromatic heterocycles. The fourth-order valence-corrected chi connectivity index (χ4v) is 5.88. The van der Waals surface area contributed by atoms with Crippen molar-refractivity contribution in [3.05, 3.63) is 29.8 Å². The molecule has 3 unspecified atom stereocenters. The Morgan fingerprint density at radius 2 is 1.73 bits per heavy atom. The molecule has 1 aromatic carbocycles. The van der Waals surface area contributed by atoms with Crippen LogP contribution in [0.15, 0.2) is 23.1 Å². The van der Waals surface area contributed by atoms with E-state index in [0.29, 0.717) is 51.0 Å². The predicted octanol–water partition coefficient (Wildman–Crippen LogP) is 5.48. The van der Waals surface area contributed by atoms with Gasteiger partial charge in [-0.15, -0.1) is 0 Å². The van der Waals surface area contributed by atoms with Crippen LogP contribution in [0.3, 0.4) is 0 Å². The highest BCUT2D eigenvalue weighted by Crippen LogP contribution is 2.25. The van der Waals surface area contributed by atoms with Gasteiger partial charge in [-0.2, -0.15) is 0 Å². The predicted molar refractivity (Wildman–Crippen MR) is 146 cm³/mol. The summed E-state index contributed by atoms with van der Waals surface area (Å²) in [6.45, 7) is 7.50. The molecule has 226 valence electrons. The number of hydrogen-bond donors (Lipinski definition) is 1. The third-order valence-electron chi connectivity index (χ3n) is 7.27. The van der Waals surface area contributed by atoms with Crippen LogP contribution in [0, 0.1) is 28.9 Å². The lowest BCUT2D eigenvalue weighted by molar-refractivity contribution is -0.157. The second-order valence-electron chi connectivity index (χ2n) is 11.5. The molecule has 1 aliphatic rings. The van der Waals surface area contributed by atoms with Gasteiger partial charge in [-0.1, -0.05) is 40.5 Å². The number of carbonyl (C=O) groups is 3. The van der Waals surface area contributed by atoms with Gasteiger partial charge in [0.2, 0.25) is 10.0 Å². The molecule has 1 aliphatic heterocycles. The van der Waals surface area contributed by atoms with E-state index in [0.717, 1.165) is 25.0 Å². The molecule has 40 heavy (non-hydrogen) atoms. The first-order valence-electron chi connectivity index (χ1n) is 14.1. The van der Waals surface area contributed by atoms with Crippen molar-refractivity contribution in [2.45, 2.75) is 103 Å². The third-order valence-corrected chi connectivity index (χ3v) is 8.70. The summed E-state index contributed by atoms with van der Waals surface area (Å²) in [5, 5.41) is 0. The van der Waals surface area contributed by atoms with Crippen molar-refractivity contribution in [3.63, 3.8) is 0 Å². The summed E-state index contributed by atoms with van der Waals surface area (Å²) in [4.78, 5) is 37.1. The van der Waals surface area contributed by atoms with Crippen LogP contribution in [0.25, 0.3) is 0 Å². The topological polar surface area (TPSA) is 116 Å². The van der Waals surface area contributed by atoms with E-state index in [-0.39, 0.29) is 43.2 Å². The van der Waals surface area contributed by atoms with Crippen LogP contribution >= 0.6 is 0 Å². The van der Waals surface area contributed by atoms with Crippen LogP contribution in [0.5, 0.6) is 0 Å². The summed E-state index contributed by atoms with van der Waals surface area (Å²) in [7, 11) is -4.19. The molecule has 1 saturated heterocycles. The highest BCUT2D eigenvalue weighted by molar-refractivity contribution is 7.89. The van der Waals surface area contributed by atoms with E-state index in [9.17, 15) is 31.6 Å². The molecule has 3 atom stereocenters. The van der Waals surface area contributed by atoms with E-state index in [1.165, 1.54) is 0 Å². The van der Waals surface area contributed by atoms with Crippen molar-refractivity contribution < 1.29 is 41.1 Å². The number of halogens is 2. The number of Topliss-reactive ketones (excluding diaryl/α,β-unsaturated/α-hetero) is 1. The molecule has 0 radical (unpaired) electrons. The van der Waals surface area contributed by atoms with Crippen LogP contribution in [-0.2, 0) is 33.9 Å². The fraction of sp³-hybridized carbons (Fsp3) is 0.690. The molecule has 0 amide bonds. The minimum atomic E-state index is -4.19. The van der Waals surface area contributed by atoms with Gasteiger partial charge in [0, 0.05) is 24.9 Å². The molecule has 0 bridgehead atoms. The van der Waals surface area contributed by atoms with Gasteiger partial charge in [-0.25, -0.2) is 21.9 Å². The molecule has 0 aliphatic carbocycles. The number of sulfonamides is 1. The van der Waals surface area contributed by atoms with Crippen molar-refractivity contribution in [1.82, 2.24) is 4.72 Å². The molecular formula is C29H43F2NO7S. The Labute approximate surface area is 236 Å². The fourth-order valence-electron chi connectivity index (χ4n) is 4.58. The monoisotopic (exact) mass is 587 g/mol. The number of esters is 2. The van der Waals surface area contributed by atoms with Gasteiger partial charge in [-0.05, 0) is 62.5 Å². The Kier molecular flexibility index (Phi) is 13.1. The van der Waals surface area contributed by atoms with Gasteiger partial charge >= 0.3 is 11.9 Å². The van der Waals surface area contributed by atoms with Crippen LogP contribution in [0.1, 0.15) is 91.9 Å². The zero-order valence-electron chi connectivity index (χ0n) is 24.0. The molecular weight excluding hydrogens is 544 g/mol. The van der Waals surface area contributed by atoms with Crippen LogP contribution in [0.4, 0.5) is 8.78 Å². The van der Waals surface area contributed by atoms with Crippen molar-refractivity contribution in [3.8, 4) is 0 Å². The quantitative estimate of drug-likeness (QED) is 0.381. The average Bonchev–Trinajstić information content (AvgIpc) is 2.87. The highest BCUT2D eigenvalue weighted by Gasteiger charge is 2.29. The summed E-state index contributed by atoms with van der Waals surface area (Å²) < 4.78 is 65.3. The summed E-state index contributed by atoms with van der Waals surface area (Å²) in [6.07, 6.45) is 4.64. The van der Waals surface area contributed by atoms with Crippen molar-refractivity contribution >= 4 is 27.7 Å². The summed E-state index contributed by atoms with van der Waals surface area (Å²) in [5.41, 5.74) is -0.570. The average molecular weight is 588 g/mol. The van der Waals surface area contributed by atoms with E-state index in [2.05, 4.69) is 4.72 Å². The SMILES string of the molecule is CC1CCCCCC(OC(=O)CCCC(C)(C)CNS(=O)(=O)c2ccc(F)cc2F)C(=O)C(C)CCCOC1=O. The zero-order chi connectivity index (χ0) is 29.9. The Bertz CT molecular complexity index is 1120. The second-order valence-corrected chi connectivity index (χ2v) is 13.3. The molecule has 1 aromatic rings. The summed E-state index contributed by atoms with van der Waals surface area (Å²) in [5.74, 6) is -3.37. The largest absolute Gasteiger partial charge is 0.465 e. The Morgan fingerprint density at radius 3 is 2.42 bits per heavy atom. The van der Waals surface area contributed by atoms with Crippen molar-refractivity contribution in [2.24, 2.45) is 17.3 Å². The highest BCUT2D eigenvalue weighted by atomic mass is 32.2. The van der Waals surface area contributed by atoms with E-state index in [4.69, 9.17) is 9.47 Å². The molecule has 0 spiro atoms. The van der Waals surface area contributed by atoms with Gasteiger partial charge in [0.05, 0.1) is 12.5 Å². The van der Waals surface area contributed by atoms with E-state index < -0.39 is 44.0 Å². The lowest BCUT2D eigenvalue weighted by Crippen LogP contribution is -2.34. The number of rotatable bonds is 9. The van der Waals surface area contributed by atoms with Gasteiger partial charge in [-0.3, -0.25) is 14.4 Å². The first-order chi connectivity index (χ1) is 18.7.